The van der Waals surface area contributed by atoms with Gasteiger partial charge >= 0.3 is 0 Å². The van der Waals surface area contributed by atoms with Crippen molar-refractivity contribution < 1.29 is 18.7 Å². The van der Waals surface area contributed by atoms with Crippen molar-refractivity contribution in [1.29, 1.82) is 0 Å². The number of carbonyl (C=O) groups excluding carboxylic acids is 1. The number of rotatable bonds is 10. The van der Waals surface area contributed by atoms with Gasteiger partial charge in [0.25, 0.3) is 0 Å². The predicted octanol–water partition coefficient (Wildman–Crippen LogP) is 5.75. The Labute approximate surface area is 192 Å². The van der Waals surface area contributed by atoms with Crippen LogP contribution in [0.5, 0.6) is 11.5 Å². The van der Waals surface area contributed by atoms with Gasteiger partial charge in [0.1, 0.15) is 12.4 Å². The number of methoxy groups -OCH3 is 1. The third kappa shape index (κ3) is 7.67. The summed E-state index contributed by atoms with van der Waals surface area (Å²) in [6, 6.07) is 10.7. The van der Waals surface area contributed by atoms with E-state index in [4.69, 9.17) is 9.47 Å². The van der Waals surface area contributed by atoms with E-state index in [1.165, 1.54) is 18.2 Å². The molecule has 0 aromatic heterocycles. The summed E-state index contributed by atoms with van der Waals surface area (Å²) in [6.07, 6.45) is 2.73. The van der Waals surface area contributed by atoms with Gasteiger partial charge in [-0.1, -0.05) is 22.0 Å². The monoisotopic (exact) mass is 492 g/mol. The second kappa shape index (κ2) is 11.9. The molecule has 2 aromatic rings. The van der Waals surface area contributed by atoms with Gasteiger partial charge in [-0.3, -0.25) is 9.69 Å². The fourth-order valence-electron chi connectivity index (χ4n) is 3.23. The first kappa shape index (κ1) is 24.9. The highest BCUT2D eigenvalue weighted by molar-refractivity contribution is 9.10. The lowest BCUT2D eigenvalue weighted by molar-refractivity contribution is -0.111. The summed E-state index contributed by atoms with van der Waals surface area (Å²) in [4.78, 5) is 14.6. The van der Waals surface area contributed by atoms with E-state index < -0.39 is 5.82 Å². The zero-order chi connectivity index (χ0) is 23.0. The number of nitrogens with one attached hydrogen (secondary N) is 1. The Bertz CT molecular complexity index is 908. The van der Waals surface area contributed by atoms with Gasteiger partial charge in [-0.25, -0.2) is 4.39 Å². The first-order valence-corrected chi connectivity index (χ1v) is 11.0. The van der Waals surface area contributed by atoms with Crippen molar-refractivity contribution in [3.63, 3.8) is 0 Å². The molecule has 2 aromatic carbocycles. The molecule has 0 radical (unpaired) electrons. The van der Waals surface area contributed by atoms with Crippen LogP contribution < -0.4 is 14.8 Å². The Morgan fingerprint density at radius 1 is 1.13 bits per heavy atom. The van der Waals surface area contributed by atoms with Crippen molar-refractivity contribution >= 4 is 33.6 Å². The molecular formula is C24H30BrFN2O3. The number of anilines is 1. The van der Waals surface area contributed by atoms with Gasteiger partial charge < -0.3 is 14.8 Å². The predicted molar refractivity (Wildman–Crippen MR) is 127 cm³/mol. The number of amides is 1. The third-order valence-electron chi connectivity index (χ3n) is 4.74. The molecule has 0 spiro atoms. The van der Waals surface area contributed by atoms with Crippen LogP contribution in [0.25, 0.3) is 6.08 Å². The Hall–Kier alpha value is -2.38. The van der Waals surface area contributed by atoms with Gasteiger partial charge in [0, 0.05) is 46.5 Å². The summed E-state index contributed by atoms with van der Waals surface area (Å²) in [5, 5.41) is 2.77. The van der Waals surface area contributed by atoms with Crippen LogP contribution >= 0.6 is 15.9 Å². The van der Waals surface area contributed by atoms with E-state index in [9.17, 15) is 9.18 Å². The summed E-state index contributed by atoms with van der Waals surface area (Å²) in [5.74, 6) is 0.362. The molecule has 0 aliphatic carbocycles. The highest BCUT2D eigenvalue weighted by Crippen LogP contribution is 2.30. The molecular weight excluding hydrogens is 463 g/mol. The van der Waals surface area contributed by atoms with Crippen LogP contribution in [0, 0.1) is 5.82 Å². The summed E-state index contributed by atoms with van der Waals surface area (Å²) in [7, 11) is 1.57. The van der Waals surface area contributed by atoms with Crippen molar-refractivity contribution in [2.45, 2.75) is 39.8 Å². The van der Waals surface area contributed by atoms with Crippen molar-refractivity contribution in [3.8, 4) is 11.5 Å². The topological polar surface area (TPSA) is 50.8 Å². The van der Waals surface area contributed by atoms with E-state index in [1.807, 2.05) is 0 Å². The van der Waals surface area contributed by atoms with Crippen LogP contribution in [0.1, 0.15) is 33.3 Å². The SMILES string of the molecule is COc1ccc(NC(=O)C=Cc2ccc(Br)cc2F)cc1OCCN(C(C)C)C(C)C. The number of ether oxygens (including phenoxy) is 2. The lowest BCUT2D eigenvalue weighted by Gasteiger charge is -2.30. The van der Waals surface area contributed by atoms with Crippen molar-refractivity contribution in [2.24, 2.45) is 0 Å². The lowest BCUT2D eigenvalue weighted by atomic mass is 10.2. The second-order valence-corrected chi connectivity index (χ2v) is 8.54. The van der Waals surface area contributed by atoms with Crippen LogP contribution in [-0.2, 0) is 4.79 Å². The maximum atomic E-state index is 13.9. The van der Waals surface area contributed by atoms with Gasteiger partial charge in [0.05, 0.1) is 7.11 Å². The van der Waals surface area contributed by atoms with E-state index >= 15 is 0 Å². The average molecular weight is 493 g/mol. The standard InChI is InChI=1S/C24H30BrFN2O3/c1-16(2)28(17(3)4)12-13-31-23-15-20(9-10-22(23)30-5)27-24(29)11-7-18-6-8-19(25)14-21(18)26/h6-11,14-17H,12-13H2,1-5H3,(H,27,29). The van der Waals surface area contributed by atoms with Crippen LogP contribution in [0.15, 0.2) is 46.9 Å². The Kier molecular flexibility index (Phi) is 9.52. The number of halogens is 2. The van der Waals surface area contributed by atoms with Crippen molar-refractivity contribution in [1.82, 2.24) is 4.90 Å². The molecule has 0 aliphatic heterocycles. The Morgan fingerprint density at radius 3 is 2.45 bits per heavy atom. The van der Waals surface area contributed by atoms with Crippen LogP contribution in [-0.4, -0.2) is 43.2 Å². The average Bonchev–Trinajstić information content (AvgIpc) is 2.70. The Balaban J connectivity index is 2.03. The largest absolute Gasteiger partial charge is 0.493 e. The molecule has 0 aliphatic rings. The fraction of sp³-hybridized carbons (Fsp3) is 0.375. The number of nitrogens with zero attached hydrogens (tertiary/aromatic N) is 1. The highest BCUT2D eigenvalue weighted by atomic mass is 79.9. The van der Waals surface area contributed by atoms with Crippen LogP contribution in [0.2, 0.25) is 0 Å². The fourth-order valence-corrected chi connectivity index (χ4v) is 3.56. The first-order chi connectivity index (χ1) is 14.7. The maximum Gasteiger partial charge on any atom is 0.248 e. The van der Waals surface area contributed by atoms with E-state index in [-0.39, 0.29) is 5.91 Å². The molecule has 1 N–H and O–H groups in total. The van der Waals surface area contributed by atoms with Gasteiger partial charge in [-0.15, -0.1) is 0 Å². The number of hydrogen-bond acceptors (Lipinski definition) is 4. The minimum atomic E-state index is -0.407. The number of hydrogen-bond donors (Lipinski definition) is 1. The van der Waals surface area contributed by atoms with Crippen molar-refractivity contribution in [3.05, 3.63) is 58.3 Å². The first-order valence-electron chi connectivity index (χ1n) is 10.2. The van der Waals surface area contributed by atoms with E-state index in [0.29, 0.717) is 45.9 Å². The molecule has 1 amide bonds. The van der Waals surface area contributed by atoms with E-state index in [1.54, 1.807) is 37.4 Å². The summed E-state index contributed by atoms with van der Waals surface area (Å²) in [6.45, 7) is 9.90. The molecule has 5 nitrogen and oxygen atoms in total. The maximum absolute atomic E-state index is 13.9. The normalized spacial score (nSPS) is 11.5. The molecule has 0 bridgehead atoms. The molecule has 0 saturated heterocycles. The van der Waals surface area contributed by atoms with Gasteiger partial charge in [-0.2, -0.15) is 0 Å². The second-order valence-electron chi connectivity index (χ2n) is 7.63. The van der Waals surface area contributed by atoms with Crippen molar-refractivity contribution in [2.75, 3.05) is 25.6 Å². The molecule has 0 unspecified atom stereocenters. The van der Waals surface area contributed by atoms with Gasteiger partial charge in [0.2, 0.25) is 5.91 Å². The molecule has 0 fully saturated rings. The van der Waals surface area contributed by atoms with Crippen LogP contribution in [0.4, 0.5) is 10.1 Å². The van der Waals surface area contributed by atoms with E-state index in [0.717, 1.165) is 6.54 Å². The van der Waals surface area contributed by atoms with Gasteiger partial charge in [0.15, 0.2) is 11.5 Å². The van der Waals surface area contributed by atoms with E-state index in [2.05, 4.69) is 53.8 Å². The highest BCUT2D eigenvalue weighted by Gasteiger charge is 2.14. The smallest absolute Gasteiger partial charge is 0.248 e. The molecule has 31 heavy (non-hydrogen) atoms. The van der Waals surface area contributed by atoms with Gasteiger partial charge in [-0.05, 0) is 58.0 Å². The number of benzene rings is 2. The third-order valence-corrected chi connectivity index (χ3v) is 5.23. The number of carbonyl (C=O) groups is 1. The summed E-state index contributed by atoms with van der Waals surface area (Å²) < 4.78 is 25.9. The molecule has 2 rings (SSSR count). The minimum Gasteiger partial charge on any atom is -0.493 e. The molecule has 168 valence electrons. The summed E-state index contributed by atoms with van der Waals surface area (Å²) >= 11 is 3.21. The zero-order valence-corrected chi connectivity index (χ0v) is 20.2. The molecule has 7 heteroatoms. The molecule has 0 heterocycles. The molecule has 0 atom stereocenters. The Morgan fingerprint density at radius 2 is 1.84 bits per heavy atom. The lowest BCUT2D eigenvalue weighted by Crippen LogP contribution is -2.39. The van der Waals surface area contributed by atoms with Crippen LogP contribution in [0.3, 0.4) is 0 Å². The molecule has 0 saturated carbocycles. The quantitative estimate of drug-likeness (QED) is 0.429. The minimum absolute atomic E-state index is 0.331. The summed E-state index contributed by atoms with van der Waals surface area (Å²) in [5.41, 5.74) is 0.892. The zero-order valence-electron chi connectivity index (χ0n) is 18.6.